The summed E-state index contributed by atoms with van der Waals surface area (Å²) < 4.78 is 11.0. The Bertz CT molecular complexity index is 613. The SMILES string of the molecule is CCOC(=O)c1csc(=O)n1Cc1noc(C)n1. The molecule has 0 unspecified atom stereocenters. The van der Waals surface area contributed by atoms with Gasteiger partial charge in [0.2, 0.25) is 5.89 Å². The first-order chi connectivity index (χ1) is 8.61. The molecule has 7 nitrogen and oxygen atoms in total. The average Bonchev–Trinajstić information content (AvgIpc) is 2.88. The molecule has 2 heterocycles. The number of aromatic nitrogens is 3. The number of carbonyl (C=O) groups is 1. The summed E-state index contributed by atoms with van der Waals surface area (Å²) in [5.74, 6) is 0.223. The highest BCUT2D eigenvalue weighted by atomic mass is 32.1. The Balaban J connectivity index is 2.29. The molecule has 0 bridgehead atoms. The van der Waals surface area contributed by atoms with Crippen molar-refractivity contribution < 1.29 is 14.1 Å². The molecule has 8 heteroatoms. The summed E-state index contributed by atoms with van der Waals surface area (Å²) >= 11 is 0.932. The number of thiazole rings is 1. The summed E-state index contributed by atoms with van der Waals surface area (Å²) in [6, 6.07) is 0. The number of nitrogens with zero attached hydrogens (tertiary/aromatic N) is 3. The van der Waals surface area contributed by atoms with Crippen LogP contribution in [0, 0.1) is 6.92 Å². The van der Waals surface area contributed by atoms with E-state index < -0.39 is 5.97 Å². The first-order valence-electron chi connectivity index (χ1n) is 5.26. The van der Waals surface area contributed by atoms with E-state index in [1.54, 1.807) is 13.8 Å². The van der Waals surface area contributed by atoms with Crippen LogP contribution in [0.25, 0.3) is 0 Å². The van der Waals surface area contributed by atoms with Gasteiger partial charge in [0.05, 0.1) is 13.2 Å². The van der Waals surface area contributed by atoms with Gasteiger partial charge in [0.15, 0.2) is 5.82 Å². The van der Waals surface area contributed by atoms with E-state index in [1.165, 1.54) is 9.95 Å². The van der Waals surface area contributed by atoms with Gasteiger partial charge < -0.3 is 9.26 Å². The predicted molar refractivity (Wildman–Crippen MR) is 62.7 cm³/mol. The standard InChI is InChI=1S/C10H11N3O4S/c1-3-16-9(14)7-5-18-10(15)13(7)4-8-11-6(2)17-12-8/h5H,3-4H2,1-2H3. The van der Waals surface area contributed by atoms with Gasteiger partial charge in [-0.15, -0.1) is 0 Å². The second-order valence-corrected chi connectivity index (χ2v) is 4.24. The van der Waals surface area contributed by atoms with Crippen LogP contribution in [0.2, 0.25) is 0 Å². The van der Waals surface area contributed by atoms with E-state index in [1.807, 2.05) is 0 Å². The van der Waals surface area contributed by atoms with Gasteiger partial charge >= 0.3 is 10.8 Å². The van der Waals surface area contributed by atoms with Crippen LogP contribution in [0.4, 0.5) is 0 Å². The van der Waals surface area contributed by atoms with Crippen molar-refractivity contribution in [3.05, 3.63) is 32.5 Å². The molecular weight excluding hydrogens is 258 g/mol. The summed E-state index contributed by atoms with van der Waals surface area (Å²) in [4.78, 5) is 27.0. The largest absolute Gasteiger partial charge is 0.461 e. The van der Waals surface area contributed by atoms with Gasteiger partial charge in [0, 0.05) is 12.3 Å². The minimum atomic E-state index is -0.531. The van der Waals surface area contributed by atoms with Crippen molar-refractivity contribution in [3.8, 4) is 0 Å². The molecule has 0 N–H and O–H groups in total. The molecule has 0 saturated heterocycles. The van der Waals surface area contributed by atoms with Crippen LogP contribution in [0.15, 0.2) is 14.7 Å². The Morgan fingerprint density at radius 1 is 1.61 bits per heavy atom. The van der Waals surface area contributed by atoms with E-state index in [9.17, 15) is 9.59 Å². The summed E-state index contributed by atoms with van der Waals surface area (Å²) in [6.45, 7) is 3.70. The van der Waals surface area contributed by atoms with Gasteiger partial charge in [-0.1, -0.05) is 16.5 Å². The molecule has 96 valence electrons. The molecule has 0 saturated carbocycles. The number of esters is 1. The Morgan fingerprint density at radius 2 is 2.39 bits per heavy atom. The highest BCUT2D eigenvalue weighted by Gasteiger charge is 2.17. The fourth-order valence-electron chi connectivity index (χ4n) is 1.39. The van der Waals surface area contributed by atoms with Crippen LogP contribution >= 0.6 is 11.3 Å². The van der Waals surface area contributed by atoms with E-state index in [0.29, 0.717) is 11.7 Å². The minimum absolute atomic E-state index is 0.0911. The van der Waals surface area contributed by atoms with Crippen molar-refractivity contribution in [3.63, 3.8) is 0 Å². The van der Waals surface area contributed by atoms with Gasteiger partial charge in [-0.05, 0) is 6.92 Å². The fraction of sp³-hybridized carbons (Fsp3) is 0.400. The predicted octanol–water partition coefficient (Wildman–Crippen LogP) is 0.826. The molecule has 0 fully saturated rings. The third-order valence-corrected chi connectivity index (χ3v) is 2.90. The summed E-state index contributed by atoms with van der Waals surface area (Å²) in [5.41, 5.74) is 0.203. The molecule has 2 aromatic rings. The highest BCUT2D eigenvalue weighted by molar-refractivity contribution is 7.07. The van der Waals surface area contributed by atoms with E-state index in [4.69, 9.17) is 9.26 Å². The topological polar surface area (TPSA) is 87.2 Å². The fourth-order valence-corrected chi connectivity index (χ4v) is 2.12. The molecule has 2 rings (SSSR count). The average molecular weight is 269 g/mol. The van der Waals surface area contributed by atoms with Crippen molar-refractivity contribution in [2.45, 2.75) is 20.4 Å². The van der Waals surface area contributed by atoms with Crippen molar-refractivity contribution in [2.75, 3.05) is 6.61 Å². The second kappa shape index (κ2) is 5.13. The molecule has 18 heavy (non-hydrogen) atoms. The lowest BCUT2D eigenvalue weighted by Crippen LogP contribution is -2.21. The Labute approximate surface area is 106 Å². The van der Waals surface area contributed by atoms with Crippen LogP contribution < -0.4 is 4.87 Å². The van der Waals surface area contributed by atoms with Crippen molar-refractivity contribution >= 4 is 17.3 Å². The maximum Gasteiger partial charge on any atom is 0.355 e. The lowest BCUT2D eigenvalue weighted by Gasteiger charge is -2.04. The van der Waals surface area contributed by atoms with Crippen LogP contribution in [-0.2, 0) is 11.3 Å². The zero-order valence-electron chi connectivity index (χ0n) is 9.87. The molecule has 0 amide bonds. The number of hydrogen-bond acceptors (Lipinski definition) is 7. The molecule has 0 atom stereocenters. The van der Waals surface area contributed by atoms with Crippen molar-refractivity contribution in [2.24, 2.45) is 0 Å². The van der Waals surface area contributed by atoms with Crippen molar-refractivity contribution in [1.29, 1.82) is 0 Å². The van der Waals surface area contributed by atoms with Crippen LogP contribution in [0.1, 0.15) is 29.1 Å². The first-order valence-corrected chi connectivity index (χ1v) is 6.14. The quantitative estimate of drug-likeness (QED) is 0.764. The van der Waals surface area contributed by atoms with E-state index in [2.05, 4.69) is 10.1 Å². The zero-order chi connectivity index (χ0) is 13.1. The Kier molecular flexibility index (Phi) is 3.56. The lowest BCUT2D eigenvalue weighted by molar-refractivity contribution is 0.0514. The van der Waals surface area contributed by atoms with E-state index in [-0.39, 0.29) is 23.7 Å². The van der Waals surface area contributed by atoms with Crippen molar-refractivity contribution in [1.82, 2.24) is 14.7 Å². The van der Waals surface area contributed by atoms with Gasteiger partial charge in [0.25, 0.3) is 0 Å². The number of rotatable bonds is 4. The maximum absolute atomic E-state index is 11.6. The third-order valence-electron chi connectivity index (χ3n) is 2.14. The van der Waals surface area contributed by atoms with Gasteiger partial charge in [-0.2, -0.15) is 4.98 Å². The number of aryl methyl sites for hydroxylation is 1. The van der Waals surface area contributed by atoms with E-state index in [0.717, 1.165) is 11.3 Å². The molecule has 0 aliphatic rings. The molecule has 0 aliphatic carbocycles. The zero-order valence-corrected chi connectivity index (χ0v) is 10.7. The van der Waals surface area contributed by atoms with E-state index >= 15 is 0 Å². The minimum Gasteiger partial charge on any atom is -0.461 e. The first kappa shape index (κ1) is 12.5. The number of ether oxygens (including phenoxy) is 1. The molecular formula is C10H11N3O4S. The van der Waals surface area contributed by atoms with Gasteiger partial charge in [0.1, 0.15) is 5.69 Å². The summed E-state index contributed by atoms with van der Waals surface area (Å²) in [7, 11) is 0. The molecule has 0 aliphatic heterocycles. The third kappa shape index (κ3) is 2.48. The summed E-state index contributed by atoms with van der Waals surface area (Å²) in [5, 5.41) is 5.15. The van der Waals surface area contributed by atoms with Gasteiger partial charge in [-0.3, -0.25) is 9.36 Å². The highest BCUT2D eigenvalue weighted by Crippen LogP contribution is 2.07. The molecule has 0 aromatic carbocycles. The van der Waals surface area contributed by atoms with Crippen LogP contribution in [0.3, 0.4) is 0 Å². The molecule has 0 radical (unpaired) electrons. The number of hydrogen-bond donors (Lipinski definition) is 0. The summed E-state index contributed by atoms with van der Waals surface area (Å²) in [6.07, 6.45) is 0. The smallest absolute Gasteiger partial charge is 0.355 e. The van der Waals surface area contributed by atoms with Gasteiger partial charge in [-0.25, -0.2) is 4.79 Å². The maximum atomic E-state index is 11.6. The molecule has 0 spiro atoms. The molecule has 2 aromatic heterocycles. The normalized spacial score (nSPS) is 10.6. The lowest BCUT2D eigenvalue weighted by atomic mass is 10.4. The second-order valence-electron chi connectivity index (χ2n) is 3.42. The monoisotopic (exact) mass is 269 g/mol. The Morgan fingerprint density at radius 3 is 3.00 bits per heavy atom. The van der Waals surface area contributed by atoms with Crippen LogP contribution in [-0.4, -0.2) is 27.3 Å². The number of carbonyl (C=O) groups excluding carboxylic acids is 1. The van der Waals surface area contributed by atoms with Crippen LogP contribution in [0.5, 0.6) is 0 Å². The Hall–Kier alpha value is -1.96.